The molecule has 1 saturated heterocycles. The number of aryl methyl sites for hydroxylation is 1. The highest BCUT2D eigenvalue weighted by atomic mass is 35.5. The second kappa shape index (κ2) is 9.93. The molecule has 0 amide bonds. The summed E-state index contributed by atoms with van der Waals surface area (Å²) in [5, 5.41) is 12.1. The molecule has 1 aliphatic heterocycles. The van der Waals surface area contributed by atoms with Gasteiger partial charge in [-0.25, -0.2) is 4.39 Å². The summed E-state index contributed by atoms with van der Waals surface area (Å²) in [4.78, 5) is 13.4. The van der Waals surface area contributed by atoms with E-state index in [0.29, 0.717) is 34.0 Å². The van der Waals surface area contributed by atoms with E-state index < -0.39 is 5.82 Å². The molecule has 0 unspecified atom stereocenters. The molecule has 1 fully saturated rings. The van der Waals surface area contributed by atoms with E-state index in [1.807, 2.05) is 33.2 Å². The molecule has 5 rings (SSSR count). The Labute approximate surface area is 208 Å². The summed E-state index contributed by atoms with van der Waals surface area (Å²) in [7, 11) is 4.02. The predicted molar refractivity (Wildman–Crippen MR) is 138 cm³/mol. The van der Waals surface area contributed by atoms with Crippen molar-refractivity contribution >= 4 is 39.2 Å². The first-order valence-electron chi connectivity index (χ1n) is 11.8. The van der Waals surface area contributed by atoms with Gasteiger partial charge in [-0.05, 0) is 45.1 Å². The van der Waals surface area contributed by atoms with Gasteiger partial charge in [0.25, 0.3) is 0 Å². The molecule has 2 N–H and O–H groups in total. The van der Waals surface area contributed by atoms with E-state index >= 15 is 4.39 Å². The molecule has 4 aromatic rings. The van der Waals surface area contributed by atoms with Crippen LogP contribution in [-0.4, -0.2) is 78.5 Å². The number of ether oxygens (including phenoxy) is 1. The number of hydrogen-bond donors (Lipinski definition) is 2. The summed E-state index contributed by atoms with van der Waals surface area (Å²) in [5.41, 5.74) is 2.94. The number of aromatic nitrogens is 4. The van der Waals surface area contributed by atoms with Gasteiger partial charge in [-0.1, -0.05) is 17.7 Å². The van der Waals surface area contributed by atoms with Gasteiger partial charge in [-0.15, -0.1) is 0 Å². The van der Waals surface area contributed by atoms with Crippen LogP contribution in [-0.2, 0) is 0 Å². The minimum Gasteiger partial charge on any atom is -0.463 e. The van der Waals surface area contributed by atoms with Gasteiger partial charge in [0.05, 0.1) is 23.3 Å². The van der Waals surface area contributed by atoms with Crippen LogP contribution in [0.15, 0.2) is 24.4 Å². The summed E-state index contributed by atoms with van der Waals surface area (Å²) in [6, 6.07) is 5.82. The van der Waals surface area contributed by atoms with Gasteiger partial charge in [-0.3, -0.25) is 5.10 Å². The van der Waals surface area contributed by atoms with Gasteiger partial charge in [0.15, 0.2) is 5.82 Å². The molecule has 2 aromatic carbocycles. The number of rotatable bonds is 7. The third-order valence-electron chi connectivity index (χ3n) is 6.32. The van der Waals surface area contributed by atoms with E-state index in [0.717, 1.165) is 55.6 Å². The lowest BCUT2D eigenvalue weighted by Crippen LogP contribution is -2.44. The Morgan fingerprint density at radius 1 is 1.14 bits per heavy atom. The lowest BCUT2D eigenvalue weighted by atomic mass is 9.95. The predicted octanol–water partition coefficient (Wildman–Crippen LogP) is 4.01. The van der Waals surface area contributed by atoms with E-state index in [2.05, 4.69) is 30.3 Å². The third-order valence-corrected chi connectivity index (χ3v) is 6.62. The minimum atomic E-state index is -0.485. The number of aromatic amines is 1. The van der Waals surface area contributed by atoms with Crippen LogP contribution < -0.4 is 15.0 Å². The fourth-order valence-electron chi connectivity index (χ4n) is 4.57. The number of benzene rings is 2. The fourth-order valence-corrected chi connectivity index (χ4v) is 4.86. The Bertz CT molecular complexity index is 1370. The number of anilines is 1. The number of fused-ring (bicyclic) bond motifs is 2. The molecule has 0 bridgehead atoms. The SMILES string of the molecule is Cc1ccc2[nH]ncc2c1-c1c(Cl)cc2c(N3CCNCC3)nc(OCCCN(C)C)nc2c1F. The fraction of sp³-hybridized carbons (Fsp3) is 0.400. The monoisotopic (exact) mass is 497 g/mol. The molecule has 0 radical (unpaired) electrons. The van der Waals surface area contributed by atoms with Crippen molar-refractivity contribution in [1.29, 1.82) is 0 Å². The average molecular weight is 498 g/mol. The van der Waals surface area contributed by atoms with Gasteiger partial charge < -0.3 is 19.9 Å². The number of hydrogen-bond acceptors (Lipinski definition) is 7. The van der Waals surface area contributed by atoms with E-state index in [4.69, 9.17) is 21.3 Å². The molecule has 0 aliphatic carbocycles. The quantitative estimate of drug-likeness (QED) is 0.373. The summed E-state index contributed by atoms with van der Waals surface area (Å²) < 4.78 is 22.3. The summed E-state index contributed by atoms with van der Waals surface area (Å²) in [5.74, 6) is 0.158. The molecule has 2 aromatic heterocycles. The first-order chi connectivity index (χ1) is 16.9. The maximum absolute atomic E-state index is 16.4. The van der Waals surface area contributed by atoms with E-state index in [1.54, 1.807) is 12.3 Å². The van der Waals surface area contributed by atoms with Gasteiger partial charge in [0.2, 0.25) is 0 Å². The first-order valence-corrected chi connectivity index (χ1v) is 12.2. The number of halogens is 2. The van der Waals surface area contributed by atoms with Crippen molar-refractivity contribution in [2.75, 3.05) is 58.3 Å². The molecule has 3 heterocycles. The molecule has 10 heteroatoms. The topological polar surface area (TPSA) is 82.2 Å². The number of piperazine rings is 1. The Hall–Kier alpha value is -3.01. The van der Waals surface area contributed by atoms with Crippen LogP contribution in [0.3, 0.4) is 0 Å². The average Bonchev–Trinajstić information content (AvgIpc) is 3.32. The second-order valence-electron chi connectivity index (χ2n) is 9.10. The van der Waals surface area contributed by atoms with E-state index in [-0.39, 0.29) is 11.5 Å². The van der Waals surface area contributed by atoms with Crippen LogP contribution in [0.2, 0.25) is 5.02 Å². The number of nitrogens with one attached hydrogen (secondary N) is 2. The number of H-pyrrole nitrogens is 1. The van der Waals surface area contributed by atoms with E-state index in [9.17, 15) is 0 Å². The molecule has 1 aliphatic rings. The highest BCUT2D eigenvalue weighted by molar-refractivity contribution is 6.35. The Kier molecular flexibility index (Phi) is 6.73. The molecule has 184 valence electrons. The largest absolute Gasteiger partial charge is 0.463 e. The third kappa shape index (κ3) is 4.63. The zero-order valence-corrected chi connectivity index (χ0v) is 20.9. The van der Waals surface area contributed by atoms with Crippen molar-refractivity contribution in [3.05, 3.63) is 40.8 Å². The van der Waals surface area contributed by atoms with Crippen molar-refractivity contribution in [3.8, 4) is 17.1 Å². The van der Waals surface area contributed by atoms with Crippen molar-refractivity contribution in [1.82, 2.24) is 30.4 Å². The van der Waals surface area contributed by atoms with Gasteiger partial charge in [0.1, 0.15) is 11.3 Å². The summed E-state index contributed by atoms with van der Waals surface area (Å²) >= 11 is 6.77. The van der Waals surface area contributed by atoms with Crippen LogP contribution in [0.1, 0.15) is 12.0 Å². The van der Waals surface area contributed by atoms with Crippen LogP contribution in [0.4, 0.5) is 10.2 Å². The van der Waals surface area contributed by atoms with Crippen LogP contribution >= 0.6 is 11.6 Å². The molecule has 0 spiro atoms. The van der Waals surface area contributed by atoms with Crippen molar-refractivity contribution < 1.29 is 9.13 Å². The van der Waals surface area contributed by atoms with Crippen molar-refractivity contribution in [2.24, 2.45) is 0 Å². The smallest absolute Gasteiger partial charge is 0.319 e. The maximum Gasteiger partial charge on any atom is 0.319 e. The molecule has 0 atom stereocenters. The van der Waals surface area contributed by atoms with Crippen LogP contribution in [0, 0.1) is 12.7 Å². The zero-order valence-electron chi connectivity index (χ0n) is 20.2. The zero-order chi connectivity index (χ0) is 24.5. The molecule has 35 heavy (non-hydrogen) atoms. The van der Waals surface area contributed by atoms with Crippen molar-refractivity contribution in [2.45, 2.75) is 13.3 Å². The first kappa shape index (κ1) is 23.7. The maximum atomic E-state index is 16.4. The molecular weight excluding hydrogens is 469 g/mol. The highest BCUT2D eigenvalue weighted by Gasteiger charge is 2.25. The van der Waals surface area contributed by atoms with E-state index in [1.165, 1.54) is 0 Å². The second-order valence-corrected chi connectivity index (χ2v) is 9.51. The molecule has 8 nitrogen and oxygen atoms in total. The number of nitrogens with zero attached hydrogens (tertiary/aromatic N) is 5. The highest BCUT2D eigenvalue weighted by Crippen LogP contribution is 2.42. The minimum absolute atomic E-state index is 0.176. The molecular formula is C25H29ClFN7O. The van der Waals surface area contributed by atoms with Crippen LogP contribution in [0.5, 0.6) is 6.01 Å². The lowest BCUT2D eigenvalue weighted by molar-refractivity contribution is 0.264. The van der Waals surface area contributed by atoms with Crippen LogP contribution in [0.25, 0.3) is 32.9 Å². The molecule has 0 saturated carbocycles. The standard InChI is InChI=1S/C25H29ClFN7O/c1-15-5-6-19-17(14-29-32-19)20(15)21-18(26)13-16-23(22(21)27)30-25(35-12-4-9-33(2)3)31-24(16)34-10-7-28-8-11-34/h5-6,13-14,28H,4,7-12H2,1-3H3,(H,29,32). The van der Waals surface area contributed by atoms with Gasteiger partial charge in [-0.2, -0.15) is 15.1 Å². The summed E-state index contributed by atoms with van der Waals surface area (Å²) in [6.07, 6.45) is 2.51. The van der Waals surface area contributed by atoms with Crippen molar-refractivity contribution in [3.63, 3.8) is 0 Å². The Morgan fingerprint density at radius 2 is 1.94 bits per heavy atom. The lowest BCUT2D eigenvalue weighted by Gasteiger charge is -2.29. The van der Waals surface area contributed by atoms with Gasteiger partial charge in [0, 0.05) is 54.6 Å². The summed E-state index contributed by atoms with van der Waals surface area (Å²) in [6.45, 7) is 6.40. The van der Waals surface area contributed by atoms with Gasteiger partial charge >= 0.3 is 6.01 Å². The normalized spacial score (nSPS) is 14.4. The Morgan fingerprint density at radius 3 is 2.71 bits per heavy atom. The Balaban J connectivity index is 1.67.